The van der Waals surface area contributed by atoms with E-state index in [4.69, 9.17) is 10.3 Å². The second kappa shape index (κ2) is 3.25. The maximum Gasteiger partial charge on any atom is 0.323 e. The summed E-state index contributed by atoms with van der Waals surface area (Å²) < 4.78 is 4.88. The van der Waals surface area contributed by atoms with E-state index in [1.165, 1.54) is 0 Å². The van der Waals surface area contributed by atoms with Crippen LogP contribution in [-0.4, -0.2) is 29.5 Å². The fraction of sp³-hybridized carbons (Fsp3) is 0.667. The van der Waals surface area contributed by atoms with Crippen molar-refractivity contribution >= 4 is 12.0 Å². The van der Waals surface area contributed by atoms with E-state index in [0.717, 1.165) is 19.2 Å². The Morgan fingerprint density at radius 3 is 3.10 bits per heavy atom. The molecule has 0 aromatic heterocycles. The summed E-state index contributed by atoms with van der Waals surface area (Å²) in [4.78, 5) is 13.2. The molecule has 1 aliphatic rings. The van der Waals surface area contributed by atoms with Crippen molar-refractivity contribution in [1.82, 2.24) is 0 Å². The van der Waals surface area contributed by atoms with Gasteiger partial charge in [0.1, 0.15) is 0 Å². The lowest BCUT2D eigenvalue weighted by atomic mass is 10.2. The highest BCUT2D eigenvalue weighted by Gasteiger charge is 2.22. The summed E-state index contributed by atoms with van der Waals surface area (Å²) in [5.41, 5.74) is 7.93. The molecule has 0 spiro atoms. The molecule has 1 heterocycles. The number of nitrogens with zero attached hydrogens (tertiary/aromatic N) is 2. The number of carbonyl (C=O) groups is 1. The van der Waals surface area contributed by atoms with Gasteiger partial charge in [-0.2, -0.15) is 4.79 Å². The molecule has 0 amide bonds. The van der Waals surface area contributed by atoms with Gasteiger partial charge in [-0.1, -0.05) is 0 Å². The van der Waals surface area contributed by atoms with E-state index in [1.807, 2.05) is 0 Å². The Kier molecular flexibility index (Phi) is 2.31. The molecule has 0 aromatic rings. The summed E-state index contributed by atoms with van der Waals surface area (Å²) >= 11 is 0. The Labute approximate surface area is 58.4 Å². The van der Waals surface area contributed by atoms with Crippen LogP contribution >= 0.6 is 0 Å². The van der Waals surface area contributed by atoms with Gasteiger partial charge in [0, 0.05) is 6.42 Å². The van der Waals surface area contributed by atoms with Crippen LogP contribution in [0.25, 0.3) is 5.53 Å². The van der Waals surface area contributed by atoms with Crippen molar-refractivity contribution in [3.8, 4) is 0 Å². The second-order valence-electron chi connectivity index (χ2n) is 2.20. The Morgan fingerprint density at radius 1 is 1.90 bits per heavy atom. The largest absolute Gasteiger partial charge is 0.373 e. The van der Waals surface area contributed by atoms with Gasteiger partial charge in [0.25, 0.3) is 0 Å². The standard InChI is InChI=1S/C6H8N2O2/c7-8-3-5(9)1-2-6-4-10-6/h3,6H,1-2,4H2. The SMILES string of the molecule is [N-]=[N+]=CC(=O)CCC1CO1. The van der Waals surface area contributed by atoms with E-state index >= 15 is 0 Å². The Bertz CT molecular complexity index is 180. The van der Waals surface area contributed by atoms with Gasteiger partial charge in [0.05, 0.1) is 12.7 Å². The Hall–Kier alpha value is -0.990. The molecule has 54 valence electrons. The van der Waals surface area contributed by atoms with Crippen LogP contribution in [0.2, 0.25) is 0 Å². The van der Waals surface area contributed by atoms with Gasteiger partial charge in [-0.05, 0) is 6.42 Å². The minimum atomic E-state index is -0.155. The lowest BCUT2D eigenvalue weighted by molar-refractivity contribution is -0.116. The van der Waals surface area contributed by atoms with Crippen molar-refractivity contribution in [3.05, 3.63) is 5.53 Å². The monoisotopic (exact) mass is 140 g/mol. The van der Waals surface area contributed by atoms with E-state index < -0.39 is 0 Å². The first-order chi connectivity index (χ1) is 4.83. The molecule has 0 bridgehead atoms. The number of rotatable bonds is 4. The van der Waals surface area contributed by atoms with E-state index in [-0.39, 0.29) is 11.9 Å². The average molecular weight is 140 g/mol. The van der Waals surface area contributed by atoms with Crippen molar-refractivity contribution in [1.29, 1.82) is 0 Å². The zero-order chi connectivity index (χ0) is 7.40. The predicted molar refractivity (Wildman–Crippen MR) is 33.7 cm³/mol. The van der Waals surface area contributed by atoms with E-state index in [2.05, 4.69) is 4.79 Å². The van der Waals surface area contributed by atoms with Crippen LogP contribution in [0.5, 0.6) is 0 Å². The lowest BCUT2D eigenvalue weighted by Gasteiger charge is -1.84. The molecule has 0 aromatic carbocycles. The molecular formula is C6H8N2O2. The number of epoxide rings is 1. The number of ketones is 1. The third kappa shape index (κ3) is 2.53. The summed E-state index contributed by atoms with van der Waals surface area (Å²) in [7, 11) is 0. The molecule has 1 rings (SSSR count). The third-order valence-electron chi connectivity index (χ3n) is 1.32. The van der Waals surface area contributed by atoms with Crippen molar-refractivity contribution in [3.63, 3.8) is 0 Å². The molecule has 1 unspecified atom stereocenters. The van der Waals surface area contributed by atoms with Gasteiger partial charge in [0.2, 0.25) is 5.78 Å². The van der Waals surface area contributed by atoms with Crippen LogP contribution < -0.4 is 0 Å². The highest BCUT2D eigenvalue weighted by atomic mass is 16.6. The minimum absolute atomic E-state index is 0.155. The van der Waals surface area contributed by atoms with Crippen molar-refractivity contribution in [2.45, 2.75) is 18.9 Å². The normalized spacial score (nSPS) is 21.4. The molecular weight excluding hydrogens is 132 g/mol. The fourth-order valence-electron chi connectivity index (χ4n) is 0.667. The summed E-state index contributed by atoms with van der Waals surface area (Å²) in [5.74, 6) is -0.155. The van der Waals surface area contributed by atoms with Gasteiger partial charge in [-0.3, -0.25) is 4.79 Å². The molecule has 0 saturated carbocycles. The number of hydrogen-bond donors (Lipinski definition) is 0. The quantitative estimate of drug-likeness (QED) is 0.239. The van der Waals surface area contributed by atoms with Crippen LogP contribution in [0, 0.1) is 0 Å². The number of hydrogen-bond acceptors (Lipinski definition) is 2. The van der Waals surface area contributed by atoms with E-state index in [1.54, 1.807) is 0 Å². The fourth-order valence-corrected chi connectivity index (χ4v) is 0.667. The smallest absolute Gasteiger partial charge is 0.323 e. The summed E-state index contributed by atoms with van der Waals surface area (Å²) in [6.07, 6.45) is 2.35. The maximum absolute atomic E-state index is 10.6. The van der Waals surface area contributed by atoms with Crippen LogP contribution in [0.3, 0.4) is 0 Å². The highest BCUT2D eigenvalue weighted by Crippen LogP contribution is 2.14. The highest BCUT2D eigenvalue weighted by molar-refractivity contribution is 6.25. The first kappa shape index (κ1) is 7.12. The predicted octanol–water partition coefficient (Wildman–Crippen LogP) is 0.0351. The van der Waals surface area contributed by atoms with Gasteiger partial charge in [-0.15, -0.1) is 0 Å². The summed E-state index contributed by atoms with van der Waals surface area (Å²) in [6.45, 7) is 0.767. The first-order valence-electron chi connectivity index (χ1n) is 3.15. The van der Waals surface area contributed by atoms with Crippen molar-refractivity contribution < 1.29 is 14.3 Å². The van der Waals surface area contributed by atoms with Crippen LogP contribution in [-0.2, 0) is 9.53 Å². The third-order valence-corrected chi connectivity index (χ3v) is 1.32. The zero-order valence-corrected chi connectivity index (χ0v) is 5.49. The molecule has 0 N–H and O–H groups in total. The molecule has 4 heteroatoms. The molecule has 10 heavy (non-hydrogen) atoms. The van der Waals surface area contributed by atoms with Crippen molar-refractivity contribution in [2.75, 3.05) is 6.61 Å². The summed E-state index contributed by atoms with van der Waals surface area (Å²) in [5, 5.41) is 0. The first-order valence-corrected chi connectivity index (χ1v) is 3.15. The van der Waals surface area contributed by atoms with Gasteiger partial charge in [-0.25, -0.2) is 0 Å². The Morgan fingerprint density at radius 2 is 2.60 bits per heavy atom. The molecule has 1 saturated heterocycles. The average Bonchev–Trinajstić information content (AvgIpc) is 2.67. The maximum atomic E-state index is 10.6. The van der Waals surface area contributed by atoms with Crippen molar-refractivity contribution in [2.24, 2.45) is 0 Å². The molecule has 4 nitrogen and oxygen atoms in total. The minimum Gasteiger partial charge on any atom is -0.373 e. The number of carbonyl (C=O) groups excluding carboxylic acids is 1. The second-order valence-corrected chi connectivity index (χ2v) is 2.20. The number of ether oxygens (including phenoxy) is 1. The summed E-state index contributed by atoms with van der Waals surface area (Å²) in [6, 6.07) is 0. The topological polar surface area (TPSA) is 66.0 Å². The van der Waals surface area contributed by atoms with Crippen LogP contribution in [0.15, 0.2) is 0 Å². The van der Waals surface area contributed by atoms with E-state index in [0.29, 0.717) is 6.42 Å². The molecule has 0 aliphatic carbocycles. The van der Waals surface area contributed by atoms with Gasteiger partial charge >= 0.3 is 6.21 Å². The van der Waals surface area contributed by atoms with Crippen LogP contribution in [0.4, 0.5) is 0 Å². The lowest BCUT2D eigenvalue weighted by Crippen LogP contribution is -2.01. The molecule has 1 atom stereocenters. The van der Waals surface area contributed by atoms with E-state index in [9.17, 15) is 4.79 Å². The number of Topliss-reactive ketones (excluding diaryl/α,β-unsaturated/α-hetero) is 1. The zero-order valence-electron chi connectivity index (χ0n) is 5.49. The Balaban J connectivity index is 2.10. The van der Waals surface area contributed by atoms with Gasteiger partial charge in [0.15, 0.2) is 0 Å². The molecule has 0 radical (unpaired) electrons. The molecule has 1 fully saturated rings. The van der Waals surface area contributed by atoms with Gasteiger partial charge < -0.3 is 10.3 Å². The van der Waals surface area contributed by atoms with Crippen LogP contribution in [0.1, 0.15) is 12.8 Å². The molecule has 1 aliphatic heterocycles.